The number of nitrogens with zero attached hydrogens (tertiary/aromatic N) is 2. The van der Waals surface area contributed by atoms with Gasteiger partial charge in [-0.1, -0.05) is 26.0 Å². The van der Waals surface area contributed by atoms with Crippen LogP contribution in [-0.4, -0.2) is 63.7 Å². The minimum Gasteiger partial charge on any atom is -0.497 e. The van der Waals surface area contributed by atoms with Gasteiger partial charge in [-0.2, -0.15) is 0 Å². The van der Waals surface area contributed by atoms with Crippen molar-refractivity contribution >= 4 is 27.5 Å². The topological polar surface area (TPSA) is 105 Å². The molecule has 0 unspecified atom stereocenters. The Morgan fingerprint density at radius 1 is 1.00 bits per heavy atom. The van der Waals surface area contributed by atoms with Gasteiger partial charge in [0.15, 0.2) is 0 Å². The van der Waals surface area contributed by atoms with Crippen LogP contribution in [0.1, 0.15) is 58.9 Å². The number of anilines is 1. The molecule has 0 spiro atoms. The van der Waals surface area contributed by atoms with Crippen molar-refractivity contribution in [1.82, 2.24) is 10.2 Å². The van der Waals surface area contributed by atoms with Crippen molar-refractivity contribution in [3.05, 3.63) is 54.1 Å². The summed E-state index contributed by atoms with van der Waals surface area (Å²) >= 11 is 0. The van der Waals surface area contributed by atoms with Crippen molar-refractivity contribution in [2.75, 3.05) is 30.8 Å². The molecule has 2 atom stereocenters. The molecule has 1 N–H and O–H groups in total. The fourth-order valence-electron chi connectivity index (χ4n) is 4.21. The molecule has 0 radical (unpaired) electrons. The van der Waals surface area contributed by atoms with Gasteiger partial charge in [0.05, 0.1) is 25.7 Å². The molecule has 39 heavy (non-hydrogen) atoms. The number of hydrogen-bond acceptors (Lipinski definition) is 6. The highest BCUT2D eigenvalue weighted by atomic mass is 32.2. The zero-order chi connectivity index (χ0) is 29.0. The number of carbonyl (C=O) groups excluding carboxylic acids is 2. The lowest BCUT2D eigenvalue weighted by Crippen LogP contribution is -2.50. The Bertz CT molecular complexity index is 1170. The van der Waals surface area contributed by atoms with Gasteiger partial charge in [0.2, 0.25) is 21.8 Å². The third kappa shape index (κ3) is 9.76. The molecule has 0 saturated heterocycles. The number of nitrogens with one attached hydrogen (secondary N) is 1. The van der Waals surface area contributed by atoms with Gasteiger partial charge in [0.25, 0.3) is 0 Å². The molecule has 2 amide bonds. The molecule has 9 nitrogen and oxygen atoms in total. The molecular weight excluding hydrogens is 518 g/mol. The second-order valence-electron chi connectivity index (χ2n) is 9.48. The smallest absolute Gasteiger partial charge is 0.243 e. The summed E-state index contributed by atoms with van der Waals surface area (Å²) in [7, 11) is -2.00. The summed E-state index contributed by atoms with van der Waals surface area (Å²) in [5.74, 6) is 0.898. The maximum atomic E-state index is 13.6. The Morgan fingerprint density at radius 3 is 2.26 bits per heavy atom. The first kappa shape index (κ1) is 31.9. The number of ether oxygens (including phenoxy) is 2. The van der Waals surface area contributed by atoms with Crippen LogP contribution in [0.5, 0.6) is 11.5 Å². The third-order valence-corrected chi connectivity index (χ3v) is 7.66. The first-order chi connectivity index (χ1) is 18.5. The van der Waals surface area contributed by atoms with E-state index in [9.17, 15) is 18.0 Å². The van der Waals surface area contributed by atoms with Gasteiger partial charge in [0, 0.05) is 25.6 Å². The van der Waals surface area contributed by atoms with Crippen LogP contribution in [0.25, 0.3) is 0 Å². The molecule has 0 aliphatic heterocycles. The van der Waals surface area contributed by atoms with Crippen molar-refractivity contribution in [2.45, 2.75) is 72.0 Å². The van der Waals surface area contributed by atoms with Crippen LogP contribution in [0, 0.1) is 0 Å². The molecule has 0 bridgehead atoms. The second-order valence-corrected chi connectivity index (χ2v) is 11.4. The van der Waals surface area contributed by atoms with Crippen molar-refractivity contribution in [3.8, 4) is 11.5 Å². The molecule has 0 aliphatic rings. The van der Waals surface area contributed by atoms with E-state index in [0.717, 1.165) is 18.2 Å². The van der Waals surface area contributed by atoms with Crippen LogP contribution in [0.3, 0.4) is 0 Å². The second kappa shape index (κ2) is 15.4. The van der Waals surface area contributed by atoms with E-state index < -0.39 is 16.1 Å². The van der Waals surface area contributed by atoms with E-state index in [1.54, 1.807) is 36.3 Å². The summed E-state index contributed by atoms with van der Waals surface area (Å²) in [5.41, 5.74) is 1.34. The lowest BCUT2D eigenvalue weighted by molar-refractivity contribution is -0.141. The van der Waals surface area contributed by atoms with Crippen molar-refractivity contribution in [3.63, 3.8) is 0 Å². The lowest BCUT2D eigenvalue weighted by atomic mass is 10.1. The number of amides is 2. The lowest BCUT2D eigenvalue weighted by Gasteiger charge is -2.32. The maximum Gasteiger partial charge on any atom is 0.243 e. The van der Waals surface area contributed by atoms with Crippen molar-refractivity contribution < 1.29 is 27.5 Å². The zero-order valence-corrected chi connectivity index (χ0v) is 24.8. The molecule has 0 aliphatic carbocycles. The number of benzene rings is 2. The molecule has 0 saturated carbocycles. The quantitative estimate of drug-likeness (QED) is 0.327. The van der Waals surface area contributed by atoms with Gasteiger partial charge in [-0.3, -0.25) is 13.9 Å². The maximum absolute atomic E-state index is 13.6. The van der Waals surface area contributed by atoms with Gasteiger partial charge in [0.1, 0.15) is 17.5 Å². The summed E-state index contributed by atoms with van der Waals surface area (Å²) < 4.78 is 37.2. The summed E-state index contributed by atoms with van der Waals surface area (Å²) in [6, 6.07) is 13.6. The first-order valence-corrected chi connectivity index (χ1v) is 15.3. The van der Waals surface area contributed by atoms with E-state index >= 15 is 0 Å². The highest BCUT2D eigenvalue weighted by Crippen LogP contribution is 2.23. The highest BCUT2D eigenvalue weighted by Gasteiger charge is 2.29. The number of carbonyl (C=O) groups is 2. The fourth-order valence-corrected chi connectivity index (χ4v) is 5.17. The Kier molecular flexibility index (Phi) is 12.6. The van der Waals surface area contributed by atoms with Gasteiger partial charge >= 0.3 is 0 Å². The Labute approximate surface area is 233 Å². The standard InChI is InChI=1S/C29H43N3O6S/c1-7-22(4)30-29(34)27(8-2)31(21-23-12-10-13-26(20-23)37-5)28(33)14-11-19-32(39(6,35)36)24-15-17-25(18-16-24)38-9-3/h10,12-13,15-18,20,22,27H,7-9,11,14,19,21H2,1-6H3,(H,30,34)/t22-,27-/m1/s1. The molecule has 216 valence electrons. The molecule has 2 aromatic rings. The van der Waals surface area contributed by atoms with E-state index in [2.05, 4.69) is 5.32 Å². The van der Waals surface area contributed by atoms with E-state index in [1.807, 2.05) is 52.0 Å². The van der Waals surface area contributed by atoms with Gasteiger partial charge in [-0.05, 0) is 75.1 Å². The van der Waals surface area contributed by atoms with Crippen LogP contribution in [0.2, 0.25) is 0 Å². The Morgan fingerprint density at radius 2 is 1.69 bits per heavy atom. The largest absolute Gasteiger partial charge is 0.497 e. The Hall–Kier alpha value is -3.27. The number of rotatable bonds is 16. The van der Waals surface area contributed by atoms with E-state index in [-0.39, 0.29) is 43.8 Å². The molecule has 0 fully saturated rings. The summed E-state index contributed by atoms with van der Waals surface area (Å²) in [5, 5.41) is 3.00. The normalized spacial score (nSPS) is 12.8. The van der Waals surface area contributed by atoms with Crippen LogP contribution in [0.4, 0.5) is 5.69 Å². The van der Waals surface area contributed by atoms with Crippen LogP contribution >= 0.6 is 0 Å². The highest BCUT2D eigenvalue weighted by molar-refractivity contribution is 7.92. The average molecular weight is 562 g/mol. The van der Waals surface area contributed by atoms with E-state index in [4.69, 9.17) is 9.47 Å². The SMILES string of the molecule is CCOc1ccc(N(CCCC(=O)N(Cc2cccc(OC)c2)[C@H](CC)C(=O)N[C@H](C)CC)S(C)(=O)=O)cc1. The minimum absolute atomic E-state index is 0.0160. The minimum atomic E-state index is -3.58. The molecule has 10 heteroatoms. The zero-order valence-electron chi connectivity index (χ0n) is 24.0. The first-order valence-electron chi connectivity index (χ1n) is 13.5. The number of sulfonamides is 1. The van der Waals surface area contributed by atoms with Crippen molar-refractivity contribution in [1.29, 1.82) is 0 Å². The van der Waals surface area contributed by atoms with Crippen molar-refractivity contribution in [2.24, 2.45) is 0 Å². The summed E-state index contributed by atoms with van der Waals surface area (Å²) in [6.45, 7) is 8.55. The van der Waals surface area contributed by atoms with Gasteiger partial charge in [-0.25, -0.2) is 8.42 Å². The predicted molar refractivity (Wildman–Crippen MR) is 155 cm³/mol. The van der Waals surface area contributed by atoms with Crippen LogP contribution in [0.15, 0.2) is 48.5 Å². The average Bonchev–Trinajstić information content (AvgIpc) is 2.91. The fraction of sp³-hybridized carbons (Fsp3) is 0.517. The number of hydrogen-bond donors (Lipinski definition) is 1. The molecule has 2 rings (SSSR count). The predicted octanol–water partition coefficient (Wildman–Crippen LogP) is 4.36. The molecule has 0 heterocycles. The molecule has 2 aromatic carbocycles. The van der Waals surface area contributed by atoms with Gasteiger partial charge in [-0.15, -0.1) is 0 Å². The van der Waals surface area contributed by atoms with Gasteiger partial charge < -0.3 is 19.7 Å². The summed E-state index contributed by atoms with van der Waals surface area (Å²) in [6.07, 6.45) is 2.74. The molecular formula is C29H43N3O6S. The van der Waals surface area contributed by atoms with Crippen LogP contribution < -0.4 is 19.1 Å². The van der Waals surface area contributed by atoms with E-state index in [0.29, 0.717) is 30.2 Å². The molecule has 0 aromatic heterocycles. The Balaban J connectivity index is 2.23. The monoisotopic (exact) mass is 561 g/mol. The van der Waals surface area contributed by atoms with E-state index in [1.165, 1.54) is 4.31 Å². The third-order valence-electron chi connectivity index (χ3n) is 6.46. The number of methoxy groups -OCH3 is 1. The summed E-state index contributed by atoms with van der Waals surface area (Å²) in [4.78, 5) is 28.3. The van der Waals surface area contributed by atoms with Crippen LogP contribution in [-0.2, 0) is 26.2 Å².